The number of carbonyl (C=O) groups excluding carboxylic acids is 3. The summed E-state index contributed by atoms with van der Waals surface area (Å²) in [6.07, 6.45) is 1.12. The molecule has 0 spiro atoms. The van der Waals surface area contributed by atoms with Gasteiger partial charge in [0.15, 0.2) is 0 Å². The van der Waals surface area contributed by atoms with Gasteiger partial charge >= 0.3 is 0 Å². The number of rotatable bonds is 3. The molecular formula is C24H23N5O3. The Labute approximate surface area is 185 Å². The van der Waals surface area contributed by atoms with E-state index in [9.17, 15) is 14.4 Å². The molecule has 1 fully saturated rings. The molecule has 1 atom stereocenters. The standard InChI is InChI=1S/C24H23N5O3/c1-24-12-10-21(31)29(24)18-8-4-2-6-16(18)22(32)28(24)13-11-20(30)27-15-14-26-19-9-5-3-7-17(19)25-23(26)27/h2-9H,10-15H2,1H3/t24-/m1/s1. The number of nitrogens with zero attached hydrogens (tertiary/aromatic N) is 5. The average molecular weight is 429 g/mol. The predicted octanol–water partition coefficient (Wildman–Crippen LogP) is 2.77. The third kappa shape index (κ3) is 2.49. The van der Waals surface area contributed by atoms with Gasteiger partial charge in [0.2, 0.25) is 17.8 Å². The summed E-state index contributed by atoms with van der Waals surface area (Å²) in [6, 6.07) is 15.1. The third-order valence-electron chi connectivity index (χ3n) is 7.02. The fourth-order valence-electron chi connectivity index (χ4n) is 5.41. The third-order valence-corrected chi connectivity index (χ3v) is 7.02. The molecule has 8 heteroatoms. The van der Waals surface area contributed by atoms with Gasteiger partial charge in [-0.05, 0) is 37.6 Å². The Morgan fingerprint density at radius 1 is 1.06 bits per heavy atom. The van der Waals surface area contributed by atoms with Crippen molar-refractivity contribution in [1.82, 2.24) is 14.5 Å². The van der Waals surface area contributed by atoms with Gasteiger partial charge in [0.25, 0.3) is 5.91 Å². The molecule has 3 amide bonds. The highest BCUT2D eigenvalue weighted by molar-refractivity contribution is 6.10. The van der Waals surface area contributed by atoms with Crippen molar-refractivity contribution in [2.75, 3.05) is 22.9 Å². The summed E-state index contributed by atoms with van der Waals surface area (Å²) in [4.78, 5) is 49.1. The molecule has 3 aromatic rings. The maximum Gasteiger partial charge on any atom is 0.257 e. The van der Waals surface area contributed by atoms with Gasteiger partial charge < -0.3 is 9.47 Å². The maximum absolute atomic E-state index is 13.4. The van der Waals surface area contributed by atoms with Crippen molar-refractivity contribution >= 4 is 40.4 Å². The van der Waals surface area contributed by atoms with Gasteiger partial charge in [0.1, 0.15) is 5.66 Å². The van der Waals surface area contributed by atoms with Crippen LogP contribution >= 0.6 is 0 Å². The van der Waals surface area contributed by atoms with E-state index in [-0.39, 0.29) is 30.7 Å². The lowest BCUT2D eigenvalue weighted by molar-refractivity contribution is -0.118. The van der Waals surface area contributed by atoms with E-state index < -0.39 is 5.66 Å². The lowest BCUT2D eigenvalue weighted by atomic mass is 9.98. The van der Waals surface area contributed by atoms with Crippen molar-refractivity contribution in [2.45, 2.75) is 38.4 Å². The van der Waals surface area contributed by atoms with E-state index in [2.05, 4.69) is 9.55 Å². The van der Waals surface area contributed by atoms with Crippen molar-refractivity contribution in [3.05, 3.63) is 54.1 Å². The smallest absolute Gasteiger partial charge is 0.257 e. The Hall–Kier alpha value is -3.68. The molecule has 0 radical (unpaired) electrons. The minimum absolute atomic E-state index is 0.0111. The SMILES string of the molecule is C[C@]12CCC(=O)N1c1ccccc1C(=O)N2CCC(=O)N1CCn2c1nc1ccccc12. The van der Waals surface area contributed by atoms with Crippen molar-refractivity contribution in [3.8, 4) is 0 Å². The number of fused-ring (bicyclic) bond motifs is 6. The summed E-state index contributed by atoms with van der Waals surface area (Å²) in [6.45, 7) is 3.46. The first-order valence-electron chi connectivity index (χ1n) is 11.0. The summed E-state index contributed by atoms with van der Waals surface area (Å²) in [5.41, 5.74) is 2.32. The van der Waals surface area contributed by atoms with E-state index in [0.29, 0.717) is 43.1 Å². The van der Waals surface area contributed by atoms with Gasteiger partial charge in [0.05, 0.1) is 22.3 Å². The number of imidazole rings is 1. The number of anilines is 2. The fraction of sp³-hybridized carbons (Fsp3) is 0.333. The van der Waals surface area contributed by atoms with Crippen LogP contribution in [0.2, 0.25) is 0 Å². The zero-order chi connectivity index (χ0) is 22.0. The highest BCUT2D eigenvalue weighted by atomic mass is 16.2. The summed E-state index contributed by atoms with van der Waals surface area (Å²) < 4.78 is 2.06. The molecule has 1 saturated heterocycles. The number of hydrogen-bond donors (Lipinski definition) is 0. The molecule has 2 aromatic carbocycles. The molecule has 0 saturated carbocycles. The highest BCUT2D eigenvalue weighted by Gasteiger charge is 2.52. The van der Waals surface area contributed by atoms with Crippen LogP contribution in [-0.2, 0) is 16.1 Å². The van der Waals surface area contributed by atoms with Crippen LogP contribution in [0.1, 0.15) is 36.5 Å². The minimum atomic E-state index is -0.749. The Balaban J connectivity index is 1.27. The second kappa shape index (κ2) is 6.66. The molecule has 162 valence electrons. The molecule has 0 N–H and O–H groups in total. The average Bonchev–Trinajstić information content (AvgIpc) is 3.45. The molecule has 3 aliphatic heterocycles. The lowest BCUT2D eigenvalue weighted by Crippen LogP contribution is -2.62. The van der Waals surface area contributed by atoms with Crippen molar-refractivity contribution in [3.63, 3.8) is 0 Å². The van der Waals surface area contributed by atoms with Crippen LogP contribution in [0.5, 0.6) is 0 Å². The van der Waals surface area contributed by atoms with Crippen LogP contribution < -0.4 is 9.80 Å². The first kappa shape index (κ1) is 19.0. The minimum Gasteiger partial charge on any atom is -0.315 e. The Morgan fingerprint density at radius 3 is 2.72 bits per heavy atom. The molecule has 8 nitrogen and oxygen atoms in total. The molecule has 0 bridgehead atoms. The van der Waals surface area contributed by atoms with E-state index in [1.807, 2.05) is 43.3 Å². The summed E-state index contributed by atoms with van der Waals surface area (Å²) in [7, 11) is 0. The topological polar surface area (TPSA) is 78.8 Å². The molecule has 32 heavy (non-hydrogen) atoms. The van der Waals surface area contributed by atoms with E-state index >= 15 is 0 Å². The number of amides is 3. The van der Waals surface area contributed by atoms with Crippen molar-refractivity contribution in [1.29, 1.82) is 0 Å². The van der Waals surface area contributed by atoms with Gasteiger partial charge in [0, 0.05) is 32.5 Å². The molecule has 3 aliphatic rings. The van der Waals surface area contributed by atoms with E-state index in [1.165, 1.54) is 0 Å². The quantitative estimate of drug-likeness (QED) is 0.641. The first-order chi connectivity index (χ1) is 15.5. The van der Waals surface area contributed by atoms with Crippen molar-refractivity contribution in [2.24, 2.45) is 0 Å². The van der Waals surface area contributed by atoms with Crippen LogP contribution in [0.25, 0.3) is 11.0 Å². The molecule has 0 aliphatic carbocycles. The second-order valence-electron chi connectivity index (χ2n) is 8.77. The zero-order valence-corrected chi connectivity index (χ0v) is 17.8. The van der Waals surface area contributed by atoms with Gasteiger partial charge in [-0.2, -0.15) is 0 Å². The Kier molecular flexibility index (Phi) is 3.96. The predicted molar refractivity (Wildman–Crippen MR) is 119 cm³/mol. The van der Waals surface area contributed by atoms with Crippen LogP contribution in [0.15, 0.2) is 48.5 Å². The number of aromatic nitrogens is 2. The van der Waals surface area contributed by atoms with Crippen LogP contribution in [0.4, 0.5) is 11.6 Å². The monoisotopic (exact) mass is 429 g/mol. The van der Waals surface area contributed by atoms with E-state index in [1.54, 1.807) is 26.8 Å². The lowest BCUT2D eigenvalue weighted by Gasteiger charge is -2.48. The van der Waals surface area contributed by atoms with Crippen LogP contribution in [-0.4, -0.2) is 50.9 Å². The Bertz CT molecular complexity index is 1300. The van der Waals surface area contributed by atoms with Gasteiger partial charge in [-0.25, -0.2) is 4.98 Å². The van der Waals surface area contributed by atoms with Gasteiger partial charge in [-0.3, -0.25) is 24.2 Å². The van der Waals surface area contributed by atoms with Crippen LogP contribution in [0, 0.1) is 0 Å². The Morgan fingerprint density at radius 2 is 1.84 bits per heavy atom. The van der Waals surface area contributed by atoms with Crippen molar-refractivity contribution < 1.29 is 14.4 Å². The zero-order valence-electron chi connectivity index (χ0n) is 17.8. The highest BCUT2D eigenvalue weighted by Crippen LogP contribution is 2.44. The summed E-state index contributed by atoms with van der Waals surface area (Å²) in [5.74, 6) is 0.480. The van der Waals surface area contributed by atoms with Gasteiger partial charge in [-0.1, -0.05) is 24.3 Å². The van der Waals surface area contributed by atoms with Gasteiger partial charge in [-0.15, -0.1) is 0 Å². The largest absolute Gasteiger partial charge is 0.315 e. The molecular weight excluding hydrogens is 406 g/mol. The molecule has 4 heterocycles. The molecule has 0 unspecified atom stereocenters. The second-order valence-corrected chi connectivity index (χ2v) is 8.77. The summed E-state index contributed by atoms with van der Waals surface area (Å²) in [5, 5.41) is 0. The fourth-order valence-corrected chi connectivity index (χ4v) is 5.41. The number of benzene rings is 2. The van der Waals surface area contributed by atoms with Crippen LogP contribution in [0.3, 0.4) is 0 Å². The molecule has 1 aromatic heterocycles. The first-order valence-corrected chi connectivity index (χ1v) is 11.0. The molecule has 6 rings (SSSR count). The maximum atomic E-state index is 13.4. The van der Waals surface area contributed by atoms with E-state index in [0.717, 1.165) is 11.0 Å². The number of para-hydroxylation sites is 3. The summed E-state index contributed by atoms with van der Waals surface area (Å²) >= 11 is 0. The van der Waals surface area contributed by atoms with E-state index in [4.69, 9.17) is 0 Å². The number of carbonyl (C=O) groups is 3. The normalized spacial score (nSPS) is 21.8. The number of hydrogen-bond acceptors (Lipinski definition) is 4.